The van der Waals surface area contributed by atoms with Crippen LogP contribution in [0, 0.1) is 5.92 Å². The highest BCUT2D eigenvalue weighted by Gasteiger charge is 2.20. The van der Waals surface area contributed by atoms with Crippen molar-refractivity contribution < 1.29 is 0 Å². The molecule has 3 nitrogen and oxygen atoms in total. The van der Waals surface area contributed by atoms with E-state index >= 15 is 0 Å². The van der Waals surface area contributed by atoms with Gasteiger partial charge in [0.2, 0.25) is 0 Å². The van der Waals surface area contributed by atoms with E-state index in [1.165, 1.54) is 18.4 Å². The first kappa shape index (κ1) is 12.0. The Bertz CT molecular complexity index is 355. The smallest absolute Gasteiger partial charge is 0.190 e. The zero-order valence-corrected chi connectivity index (χ0v) is 10.4. The van der Waals surface area contributed by atoms with Crippen molar-refractivity contribution in [3.8, 4) is 0 Å². The van der Waals surface area contributed by atoms with Crippen molar-refractivity contribution in [1.29, 1.82) is 0 Å². The summed E-state index contributed by atoms with van der Waals surface area (Å²) in [6.07, 6.45) is 3.77. The Kier molecular flexibility index (Phi) is 4.42. The quantitative estimate of drug-likeness (QED) is 0.599. The lowest BCUT2D eigenvalue weighted by molar-refractivity contribution is 0.734. The van der Waals surface area contributed by atoms with E-state index in [-0.39, 0.29) is 0 Å². The highest BCUT2D eigenvalue weighted by molar-refractivity contribution is 5.79. The summed E-state index contributed by atoms with van der Waals surface area (Å²) in [5, 5.41) is 6.70. The summed E-state index contributed by atoms with van der Waals surface area (Å²) in [7, 11) is 1.82. The second-order valence-electron chi connectivity index (χ2n) is 4.56. The van der Waals surface area contributed by atoms with Crippen LogP contribution >= 0.6 is 0 Å². The largest absolute Gasteiger partial charge is 0.356 e. The molecule has 0 aliphatic heterocycles. The van der Waals surface area contributed by atoms with Crippen LogP contribution in [0.25, 0.3) is 0 Å². The summed E-state index contributed by atoms with van der Waals surface area (Å²) in [5.41, 5.74) is 1.36. The molecular weight excluding hydrogens is 210 g/mol. The van der Waals surface area contributed by atoms with Crippen molar-refractivity contribution in [2.75, 3.05) is 20.1 Å². The van der Waals surface area contributed by atoms with Crippen LogP contribution < -0.4 is 10.6 Å². The molecule has 0 aromatic heterocycles. The molecule has 0 amide bonds. The molecule has 17 heavy (non-hydrogen) atoms. The Morgan fingerprint density at radius 1 is 1.24 bits per heavy atom. The highest BCUT2D eigenvalue weighted by atomic mass is 15.2. The van der Waals surface area contributed by atoms with E-state index in [2.05, 4.69) is 39.9 Å². The fraction of sp³-hybridized carbons (Fsp3) is 0.500. The minimum Gasteiger partial charge on any atom is -0.356 e. The Hall–Kier alpha value is -1.51. The van der Waals surface area contributed by atoms with Gasteiger partial charge in [-0.3, -0.25) is 4.99 Å². The molecule has 0 bridgehead atoms. The third kappa shape index (κ3) is 4.47. The third-order valence-electron chi connectivity index (χ3n) is 3.03. The standard InChI is InChI=1S/C14H21N3/c1-15-14(17-11-13-7-8-13)16-10-9-12-5-3-2-4-6-12/h2-6,13H,7-11H2,1H3,(H2,15,16,17). The molecule has 1 aromatic rings. The number of nitrogens with zero attached hydrogens (tertiary/aromatic N) is 1. The predicted molar refractivity (Wildman–Crippen MR) is 72.2 cm³/mol. The Morgan fingerprint density at radius 2 is 2.00 bits per heavy atom. The first-order valence-corrected chi connectivity index (χ1v) is 6.37. The summed E-state index contributed by atoms with van der Waals surface area (Å²) >= 11 is 0. The fourth-order valence-electron chi connectivity index (χ4n) is 1.75. The molecular formula is C14H21N3. The van der Waals surface area contributed by atoms with Gasteiger partial charge in [-0.2, -0.15) is 0 Å². The molecule has 1 aromatic carbocycles. The van der Waals surface area contributed by atoms with E-state index in [4.69, 9.17) is 0 Å². The second kappa shape index (κ2) is 6.28. The summed E-state index contributed by atoms with van der Waals surface area (Å²) in [6, 6.07) is 10.5. The van der Waals surface area contributed by atoms with Gasteiger partial charge in [0, 0.05) is 20.1 Å². The first-order valence-electron chi connectivity index (χ1n) is 6.37. The van der Waals surface area contributed by atoms with Crippen LogP contribution in [0.1, 0.15) is 18.4 Å². The molecule has 0 spiro atoms. The molecule has 0 unspecified atom stereocenters. The van der Waals surface area contributed by atoms with E-state index in [0.717, 1.165) is 31.4 Å². The third-order valence-corrected chi connectivity index (χ3v) is 3.03. The second-order valence-corrected chi connectivity index (χ2v) is 4.56. The molecule has 0 heterocycles. The molecule has 0 atom stereocenters. The predicted octanol–water partition coefficient (Wildman–Crippen LogP) is 1.80. The summed E-state index contributed by atoms with van der Waals surface area (Å²) in [4.78, 5) is 4.21. The van der Waals surface area contributed by atoms with Gasteiger partial charge in [-0.1, -0.05) is 30.3 Å². The highest BCUT2D eigenvalue weighted by Crippen LogP contribution is 2.27. The Balaban J connectivity index is 1.65. The monoisotopic (exact) mass is 231 g/mol. The van der Waals surface area contributed by atoms with Crippen LogP contribution in [-0.2, 0) is 6.42 Å². The maximum Gasteiger partial charge on any atom is 0.190 e. The number of guanidine groups is 1. The molecule has 2 N–H and O–H groups in total. The topological polar surface area (TPSA) is 36.4 Å². The van der Waals surface area contributed by atoms with Gasteiger partial charge < -0.3 is 10.6 Å². The fourth-order valence-corrected chi connectivity index (χ4v) is 1.75. The van der Waals surface area contributed by atoms with Crippen molar-refractivity contribution in [3.05, 3.63) is 35.9 Å². The summed E-state index contributed by atoms with van der Waals surface area (Å²) in [6.45, 7) is 1.99. The molecule has 92 valence electrons. The Morgan fingerprint density at radius 3 is 2.65 bits per heavy atom. The van der Waals surface area contributed by atoms with E-state index in [9.17, 15) is 0 Å². The van der Waals surface area contributed by atoms with Crippen LogP contribution in [0.3, 0.4) is 0 Å². The number of hydrogen-bond acceptors (Lipinski definition) is 1. The SMILES string of the molecule is CN=C(NCCc1ccccc1)NCC1CC1. The molecule has 1 aliphatic rings. The Labute approximate surface area is 103 Å². The van der Waals surface area contributed by atoms with Gasteiger partial charge in [-0.05, 0) is 30.7 Å². The lowest BCUT2D eigenvalue weighted by atomic mass is 10.1. The van der Waals surface area contributed by atoms with Crippen LogP contribution in [0.4, 0.5) is 0 Å². The van der Waals surface area contributed by atoms with Gasteiger partial charge in [-0.25, -0.2) is 0 Å². The van der Waals surface area contributed by atoms with Gasteiger partial charge >= 0.3 is 0 Å². The van der Waals surface area contributed by atoms with E-state index in [1.807, 2.05) is 13.1 Å². The van der Waals surface area contributed by atoms with Gasteiger partial charge in [0.05, 0.1) is 0 Å². The van der Waals surface area contributed by atoms with Crippen LogP contribution in [0.5, 0.6) is 0 Å². The minimum atomic E-state index is 0.877. The van der Waals surface area contributed by atoms with Crippen molar-refractivity contribution in [2.45, 2.75) is 19.3 Å². The molecule has 0 saturated heterocycles. The van der Waals surface area contributed by atoms with Gasteiger partial charge in [0.25, 0.3) is 0 Å². The number of rotatable bonds is 5. The van der Waals surface area contributed by atoms with Gasteiger partial charge in [0.15, 0.2) is 5.96 Å². The maximum absolute atomic E-state index is 4.21. The maximum atomic E-state index is 4.21. The first-order chi connectivity index (χ1) is 8.38. The van der Waals surface area contributed by atoms with Crippen molar-refractivity contribution in [2.24, 2.45) is 10.9 Å². The summed E-state index contributed by atoms with van der Waals surface area (Å²) < 4.78 is 0. The molecule has 0 radical (unpaired) electrons. The lowest BCUT2D eigenvalue weighted by Crippen LogP contribution is -2.39. The van der Waals surface area contributed by atoms with E-state index in [0.29, 0.717) is 0 Å². The zero-order valence-electron chi connectivity index (χ0n) is 10.4. The normalized spacial score (nSPS) is 15.7. The number of nitrogens with one attached hydrogen (secondary N) is 2. The minimum absolute atomic E-state index is 0.877. The number of benzene rings is 1. The van der Waals surface area contributed by atoms with E-state index < -0.39 is 0 Å². The number of aliphatic imine (C=N–C) groups is 1. The zero-order chi connectivity index (χ0) is 11.9. The molecule has 1 fully saturated rings. The average Bonchev–Trinajstić information content (AvgIpc) is 3.19. The van der Waals surface area contributed by atoms with Gasteiger partial charge in [0.1, 0.15) is 0 Å². The van der Waals surface area contributed by atoms with Crippen molar-refractivity contribution >= 4 is 5.96 Å². The molecule has 1 aliphatic carbocycles. The van der Waals surface area contributed by atoms with Crippen LogP contribution in [-0.4, -0.2) is 26.1 Å². The molecule has 3 heteroatoms. The average molecular weight is 231 g/mol. The van der Waals surface area contributed by atoms with Crippen LogP contribution in [0.2, 0.25) is 0 Å². The van der Waals surface area contributed by atoms with Crippen molar-refractivity contribution in [3.63, 3.8) is 0 Å². The molecule has 2 rings (SSSR count). The van der Waals surface area contributed by atoms with E-state index in [1.54, 1.807) is 0 Å². The summed E-state index contributed by atoms with van der Waals surface area (Å²) in [5.74, 6) is 1.80. The van der Waals surface area contributed by atoms with Crippen molar-refractivity contribution in [1.82, 2.24) is 10.6 Å². The van der Waals surface area contributed by atoms with Crippen LogP contribution in [0.15, 0.2) is 35.3 Å². The lowest BCUT2D eigenvalue weighted by Gasteiger charge is -2.11. The number of hydrogen-bond donors (Lipinski definition) is 2. The molecule has 1 saturated carbocycles. The van der Waals surface area contributed by atoms with Gasteiger partial charge in [-0.15, -0.1) is 0 Å².